The van der Waals surface area contributed by atoms with Gasteiger partial charge in [-0.2, -0.15) is 0 Å². The molecule has 0 aromatic rings. The molecular formula is C17H33N3O2. The predicted molar refractivity (Wildman–Crippen MR) is 88.8 cm³/mol. The quantitative estimate of drug-likeness (QED) is 0.728. The number of aliphatic hydroxyl groups excluding tert-OH is 1. The molecule has 0 bridgehead atoms. The summed E-state index contributed by atoms with van der Waals surface area (Å²) in [5.74, 6) is 0.703. The molecule has 2 fully saturated rings. The van der Waals surface area contributed by atoms with Gasteiger partial charge in [0.05, 0.1) is 6.10 Å². The minimum atomic E-state index is -0.175. The summed E-state index contributed by atoms with van der Waals surface area (Å²) in [7, 11) is 4.22. The summed E-state index contributed by atoms with van der Waals surface area (Å²) in [4.78, 5) is 14.4. The van der Waals surface area contributed by atoms with Crippen molar-refractivity contribution in [2.45, 2.75) is 76.0 Å². The lowest BCUT2D eigenvalue weighted by Crippen LogP contribution is -2.50. The summed E-state index contributed by atoms with van der Waals surface area (Å²) in [6.07, 6.45) is 9.77. The minimum absolute atomic E-state index is 0.0518. The van der Waals surface area contributed by atoms with Crippen LogP contribution in [0.15, 0.2) is 0 Å². The first-order chi connectivity index (χ1) is 10.6. The molecule has 0 heterocycles. The number of urea groups is 1. The van der Waals surface area contributed by atoms with E-state index >= 15 is 0 Å². The molecule has 128 valence electrons. The van der Waals surface area contributed by atoms with Gasteiger partial charge in [0.25, 0.3) is 0 Å². The van der Waals surface area contributed by atoms with Crippen LogP contribution in [0.4, 0.5) is 4.79 Å². The van der Waals surface area contributed by atoms with E-state index in [2.05, 4.69) is 29.6 Å². The highest BCUT2D eigenvalue weighted by atomic mass is 16.3. The first-order valence-electron chi connectivity index (χ1n) is 8.95. The number of aliphatic hydroxyl groups is 1. The number of carbonyl (C=O) groups is 1. The van der Waals surface area contributed by atoms with E-state index < -0.39 is 0 Å². The van der Waals surface area contributed by atoms with Gasteiger partial charge in [0.2, 0.25) is 0 Å². The third-order valence-electron chi connectivity index (χ3n) is 5.36. The number of hydrogen-bond donors (Lipinski definition) is 3. The smallest absolute Gasteiger partial charge is 0.315 e. The molecule has 0 aromatic carbocycles. The number of nitrogens with one attached hydrogen (secondary N) is 2. The lowest BCUT2D eigenvalue weighted by Gasteiger charge is -2.35. The van der Waals surface area contributed by atoms with Crippen LogP contribution in [-0.2, 0) is 0 Å². The van der Waals surface area contributed by atoms with E-state index in [0.29, 0.717) is 12.0 Å². The van der Waals surface area contributed by atoms with Crippen molar-refractivity contribution >= 4 is 6.03 Å². The number of hydrogen-bond acceptors (Lipinski definition) is 3. The molecule has 1 unspecified atom stereocenters. The van der Waals surface area contributed by atoms with Crippen molar-refractivity contribution in [3.8, 4) is 0 Å². The Kier molecular flexibility index (Phi) is 6.96. The molecule has 5 nitrogen and oxygen atoms in total. The molecular weight excluding hydrogens is 278 g/mol. The van der Waals surface area contributed by atoms with Gasteiger partial charge in [0.15, 0.2) is 0 Å². The standard InChI is InChI=1S/C17H33N3O2/c1-20(2)16(13-6-4-3-5-7-13)12-18-17(22)19-14-8-10-15(21)11-9-14/h13-16,21H,3-12H2,1-2H3,(H2,18,19,22). The van der Waals surface area contributed by atoms with Gasteiger partial charge >= 0.3 is 6.03 Å². The number of carbonyl (C=O) groups excluding carboxylic acids is 1. The first-order valence-corrected chi connectivity index (χ1v) is 8.95. The van der Waals surface area contributed by atoms with Crippen molar-refractivity contribution in [2.75, 3.05) is 20.6 Å². The number of nitrogens with zero attached hydrogens (tertiary/aromatic N) is 1. The fourth-order valence-electron chi connectivity index (χ4n) is 3.94. The first kappa shape index (κ1) is 17.5. The Morgan fingerprint density at radius 1 is 1.09 bits per heavy atom. The third kappa shape index (κ3) is 5.43. The van der Waals surface area contributed by atoms with Crippen molar-refractivity contribution in [1.82, 2.24) is 15.5 Å². The van der Waals surface area contributed by atoms with E-state index in [9.17, 15) is 9.90 Å². The van der Waals surface area contributed by atoms with Gasteiger partial charge in [-0.25, -0.2) is 4.79 Å². The van der Waals surface area contributed by atoms with Crippen molar-refractivity contribution in [2.24, 2.45) is 5.92 Å². The van der Waals surface area contributed by atoms with E-state index in [-0.39, 0.29) is 18.2 Å². The number of rotatable bonds is 5. The second-order valence-electron chi connectivity index (χ2n) is 7.29. The lowest BCUT2D eigenvalue weighted by atomic mass is 9.83. The topological polar surface area (TPSA) is 64.6 Å². The summed E-state index contributed by atoms with van der Waals surface area (Å²) in [6.45, 7) is 0.721. The molecule has 2 aliphatic rings. The molecule has 2 amide bonds. The molecule has 3 N–H and O–H groups in total. The molecule has 2 aliphatic carbocycles. The van der Waals surface area contributed by atoms with Gasteiger partial charge in [-0.05, 0) is 58.5 Å². The van der Waals surface area contributed by atoms with Gasteiger partial charge < -0.3 is 20.6 Å². The zero-order valence-electron chi connectivity index (χ0n) is 14.2. The lowest BCUT2D eigenvalue weighted by molar-refractivity contribution is 0.117. The normalized spacial score (nSPS) is 28.4. The van der Waals surface area contributed by atoms with Crippen LogP contribution >= 0.6 is 0 Å². The molecule has 2 rings (SSSR count). The second-order valence-corrected chi connectivity index (χ2v) is 7.29. The van der Waals surface area contributed by atoms with Gasteiger partial charge in [-0.3, -0.25) is 0 Å². The van der Waals surface area contributed by atoms with E-state index in [1.807, 2.05) is 0 Å². The summed E-state index contributed by atoms with van der Waals surface area (Å²) >= 11 is 0. The van der Waals surface area contributed by atoms with Crippen LogP contribution in [-0.4, -0.2) is 54.9 Å². The van der Waals surface area contributed by atoms with E-state index in [1.165, 1.54) is 32.1 Å². The molecule has 0 aromatic heterocycles. The maximum atomic E-state index is 12.1. The van der Waals surface area contributed by atoms with Crippen LogP contribution < -0.4 is 10.6 Å². The monoisotopic (exact) mass is 311 g/mol. The molecule has 0 spiro atoms. The third-order valence-corrected chi connectivity index (χ3v) is 5.36. The van der Waals surface area contributed by atoms with Crippen LogP contribution in [0, 0.1) is 5.92 Å². The summed E-state index contributed by atoms with van der Waals surface area (Å²) < 4.78 is 0. The Balaban J connectivity index is 1.72. The zero-order chi connectivity index (χ0) is 15.9. The summed E-state index contributed by atoms with van der Waals surface area (Å²) in [5, 5.41) is 15.6. The minimum Gasteiger partial charge on any atom is -0.393 e. The summed E-state index contributed by atoms with van der Waals surface area (Å²) in [6, 6.07) is 0.596. The highest BCUT2D eigenvalue weighted by Gasteiger charge is 2.26. The fraction of sp³-hybridized carbons (Fsp3) is 0.941. The highest BCUT2D eigenvalue weighted by Crippen LogP contribution is 2.28. The van der Waals surface area contributed by atoms with Crippen LogP contribution in [0.5, 0.6) is 0 Å². The van der Waals surface area contributed by atoms with E-state index in [0.717, 1.165) is 32.2 Å². The molecule has 0 saturated heterocycles. The maximum absolute atomic E-state index is 12.1. The Labute approximate surface area is 134 Å². The van der Waals surface area contributed by atoms with Gasteiger partial charge in [0.1, 0.15) is 0 Å². The van der Waals surface area contributed by atoms with Crippen LogP contribution in [0.2, 0.25) is 0 Å². The SMILES string of the molecule is CN(C)C(CNC(=O)NC1CCC(O)CC1)C1CCCCC1. The van der Waals surface area contributed by atoms with E-state index in [4.69, 9.17) is 0 Å². The summed E-state index contributed by atoms with van der Waals surface area (Å²) in [5.41, 5.74) is 0. The molecule has 1 atom stereocenters. The molecule has 2 saturated carbocycles. The zero-order valence-corrected chi connectivity index (χ0v) is 14.2. The van der Waals surface area contributed by atoms with Crippen molar-refractivity contribution in [1.29, 1.82) is 0 Å². The Bertz CT molecular complexity index is 335. The fourth-order valence-corrected chi connectivity index (χ4v) is 3.94. The van der Waals surface area contributed by atoms with Gasteiger partial charge in [0, 0.05) is 18.6 Å². The van der Waals surface area contributed by atoms with Crippen LogP contribution in [0.1, 0.15) is 57.8 Å². The molecule has 5 heteroatoms. The Morgan fingerprint density at radius 2 is 1.73 bits per heavy atom. The molecule has 0 aliphatic heterocycles. The van der Waals surface area contributed by atoms with Crippen molar-refractivity contribution in [3.05, 3.63) is 0 Å². The van der Waals surface area contributed by atoms with Gasteiger partial charge in [-0.1, -0.05) is 19.3 Å². The average Bonchev–Trinajstić information content (AvgIpc) is 2.50. The highest BCUT2D eigenvalue weighted by molar-refractivity contribution is 5.74. The largest absolute Gasteiger partial charge is 0.393 e. The van der Waals surface area contributed by atoms with Gasteiger partial charge in [-0.15, -0.1) is 0 Å². The van der Waals surface area contributed by atoms with E-state index in [1.54, 1.807) is 0 Å². The number of likely N-dealkylation sites (N-methyl/N-ethyl adjacent to an activating group) is 1. The maximum Gasteiger partial charge on any atom is 0.315 e. The van der Waals surface area contributed by atoms with Crippen molar-refractivity contribution < 1.29 is 9.90 Å². The second kappa shape index (κ2) is 8.73. The number of amides is 2. The Hall–Kier alpha value is -0.810. The molecule has 0 radical (unpaired) electrons. The Morgan fingerprint density at radius 3 is 2.32 bits per heavy atom. The molecule has 22 heavy (non-hydrogen) atoms. The van der Waals surface area contributed by atoms with Crippen LogP contribution in [0.25, 0.3) is 0 Å². The van der Waals surface area contributed by atoms with Crippen molar-refractivity contribution in [3.63, 3.8) is 0 Å². The van der Waals surface area contributed by atoms with Crippen LogP contribution in [0.3, 0.4) is 0 Å². The predicted octanol–water partition coefficient (Wildman–Crippen LogP) is 2.10. The average molecular weight is 311 g/mol.